The number of rotatable bonds is 11. The molecule has 0 radical (unpaired) electrons. The highest BCUT2D eigenvalue weighted by atomic mass is 35.5. The van der Waals surface area contributed by atoms with Crippen molar-refractivity contribution >= 4 is 78.8 Å². The first-order chi connectivity index (χ1) is 21.3. The van der Waals surface area contributed by atoms with E-state index in [9.17, 15) is 13.2 Å². The molecule has 242 valence electrons. The Labute approximate surface area is 279 Å². The number of aryl methyl sites for hydroxylation is 1. The number of nitrogens with one attached hydrogen (secondary N) is 2. The third kappa shape index (κ3) is 8.78. The molecular weight excluding hydrogens is 652 g/mol. The van der Waals surface area contributed by atoms with E-state index in [1.807, 2.05) is 19.9 Å². The van der Waals surface area contributed by atoms with Crippen LogP contribution in [0.5, 0.6) is 5.75 Å². The van der Waals surface area contributed by atoms with Crippen molar-refractivity contribution in [3.8, 4) is 5.75 Å². The number of halogens is 1. The molecule has 2 aromatic carbocycles. The number of carbonyl (C=O) groups excluding carboxylic acids is 1. The van der Waals surface area contributed by atoms with Gasteiger partial charge in [-0.25, -0.2) is 13.4 Å². The van der Waals surface area contributed by atoms with Crippen LogP contribution < -0.4 is 21.1 Å². The molecule has 1 aromatic heterocycles. The van der Waals surface area contributed by atoms with Gasteiger partial charge >= 0.3 is 0 Å². The molecule has 1 aliphatic rings. The van der Waals surface area contributed by atoms with Crippen molar-refractivity contribution in [3.05, 3.63) is 58.7 Å². The van der Waals surface area contributed by atoms with Crippen LogP contribution in [0, 0.1) is 6.92 Å². The fourth-order valence-corrected chi connectivity index (χ4v) is 7.36. The largest absolute Gasteiger partial charge is 0.489 e. The van der Waals surface area contributed by atoms with Gasteiger partial charge in [0.05, 0.1) is 39.6 Å². The van der Waals surface area contributed by atoms with Crippen molar-refractivity contribution in [1.82, 2.24) is 14.9 Å². The van der Waals surface area contributed by atoms with E-state index in [1.165, 1.54) is 23.5 Å². The molecule has 0 atom stereocenters. The monoisotopic (exact) mass is 690 g/mol. The molecule has 1 fully saturated rings. The molecule has 0 unspecified atom stereocenters. The number of sulfone groups is 1. The molecule has 3 aromatic rings. The number of benzene rings is 2. The van der Waals surface area contributed by atoms with Crippen LogP contribution in [-0.4, -0.2) is 63.7 Å². The van der Waals surface area contributed by atoms with Gasteiger partial charge in [-0.15, -0.1) is 0 Å². The van der Waals surface area contributed by atoms with Crippen LogP contribution in [0.1, 0.15) is 57.6 Å². The topological polar surface area (TPSA) is 140 Å². The predicted octanol–water partition coefficient (Wildman–Crippen LogP) is 6.58. The zero-order valence-electron chi connectivity index (χ0n) is 26.0. The Hall–Kier alpha value is -3.13. The maximum absolute atomic E-state index is 13.0. The number of nitrogens with two attached hydrogens (primary N) is 1. The van der Waals surface area contributed by atoms with Crippen LogP contribution in [0.15, 0.2) is 47.5 Å². The van der Waals surface area contributed by atoms with Gasteiger partial charge < -0.3 is 26.0 Å². The van der Waals surface area contributed by atoms with E-state index in [0.29, 0.717) is 27.4 Å². The van der Waals surface area contributed by atoms with Gasteiger partial charge in [0, 0.05) is 13.1 Å². The second-order valence-electron chi connectivity index (χ2n) is 11.4. The molecule has 1 aliphatic heterocycles. The van der Waals surface area contributed by atoms with Gasteiger partial charge in [0.1, 0.15) is 15.1 Å². The minimum atomic E-state index is -3.56. The summed E-state index contributed by atoms with van der Waals surface area (Å²) in [5, 5.41) is 6.01. The molecule has 0 bridgehead atoms. The number of thiocarbonyl (C=S) groups is 1. The molecule has 45 heavy (non-hydrogen) atoms. The SMILES string of the molecule is Cc1cc(Nc2ncc(Cl)c(Nc3ccccc3S(=O)(=O)C(C)C)n2)c(OC(C)C)cc1C1CCN(C(=S)SCC(N)=O)CC1. The number of primary amides is 1. The molecule has 2 heterocycles. The Morgan fingerprint density at radius 2 is 1.84 bits per heavy atom. The quantitative estimate of drug-likeness (QED) is 0.188. The third-order valence-corrected chi connectivity index (χ3v) is 11.4. The van der Waals surface area contributed by atoms with Crippen LogP contribution in [-0.2, 0) is 14.6 Å². The summed E-state index contributed by atoms with van der Waals surface area (Å²) in [5.74, 6) is 1.32. The summed E-state index contributed by atoms with van der Waals surface area (Å²) in [6.45, 7) is 10.9. The highest BCUT2D eigenvalue weighted by Crippen LogP contribution is 2.39. The van der Waals surface area contributed by atoms with Crippen molar-refractivity contribution in [2.24, 2.45) is 5.73 Å². The van der Waals surface area contributed by atoms with Crippen molar-refractivity contribution < 1.29 is 17.9 Å². The van der Waals surface area contributed by atoms with Gasteiger partial charge in [-0.1, -0.05) is 47.7 Å². The molecule has 1 saturated heterocycles. The van der Waals surface area contributed by atoms with E-state index < -0.39 is 15.1 Å². The van der Waals surface area contributed by atoms with Gasteiger partial charge in [-0.3, -0.25) is 4.79 Å². The lowest BCUT2D eigenvalue weighted by Gasteiger charge is -2.34. The van der Waals surface area contributed by atoms with Gasteiger partial charge in [-0.2, -0.15) is 4.98 Å². The van der Waals surface area contributed by atoms with Crippen LogP contribution in [0.4, 0.5) is 23.1 Å². The second kappa shape index (κ2) is 15.0. The average Bonchev–Trinajstić information content (AvgIpc) is 2.99. The molecule has 4 rings (SSSR count). The number of hydrogen-bond acceptors (Lipinski definition) is 10. The summed E-state index contributed by atoms with van der Waals surface area (Å²) >= 11 is 13.3. The normalized spacial score (nSPS) is 14.1. The number of para-hydroxylation sites is 1. The van der Waals surface area contributed by atoms with E-state index >= 15 is 0 Å². The van der Waals surface area contributed by atoms with Crippen LogP contribution in [0.2, 0.25) is 5.02 Å². The minimum absolute atomic E-state index is 0.0784. The Kier molecular flexibility index (Phi) is 11.6. The number of anilines is 4. The smallest absolute Gasteiger partial charge is 0.229 e. The van der Waals surface area contributed by atoms with Crippen LogP contribution >= 0.6 is 35.6 Å². The number of aromatic nitrogens is 2. The highest BCUT2D eigenvalue weighted by Gasteiger charge is 2.26. The molecule has 4 N–H and O–H groups in total. The van der Waals surface area contributed by atoms with Gasteiger partial charge in [-0.05, 0) is 88.8 Å². The molecule has 14 heteroatoms. The van der Waals surface area contributed by atoms with Crippen molar-refractivity contribution in [1.29, 1.82) is 0 Å². The van der Waals surface area contributed by atoms with E-state index in [2.05, 4.69) is 38.5 Å². The lowest BCUT2D eigenvalue weighted by atomic mass is 9.86. The first kappa shape index (κ1) is 34.7. The Balaban J connectivity index is 1.57. The minimum Gasteiger partial charge on any atom is -0.489 e. The van der Waals surface area contributed by atoms with Crippen molar-refractivity contribution in [2.45, 2.75) is 69.6 Å². The first-order valence-corrected chi connectivity index (χ1v) is 18.0. The average molecular weight is 691 g/mol. The molecule has 0 saturated carbocycles. The van der Waals surface area contributed by atoms with E-state index in [0.717, 1.165) is 31.5 Å². The van der Waals surface area contributed by atoms with Crippen molar-refractivity contribution in [3.63, 3.8) is 0 Å². The van der Waals surface area contributed by atoms with Crippen LogP contribution in [0.25, 0.3) is 0 Å². The summed E-state index contributed by atoms with van der Waals surface area (Å²) in [7, 11) is -3.56. The molecule has 1 amide bonds. The Morgan fingerprint density at radius 3 is 2.49 bits per heavy atom. The Bertz CT molecular complexity index is 1660. The van der Waals surface area contributed by atoms with E-state index in [-0.39, 0.29) is 39.4 Å². The first-order valence-electron chi connectivity index (χ1n) is 14.7. The lowest BCUT2D eigenvalue weighted by molar-refractivity contribution is -0.115. The number of thioether (sulfide) groups is 1. The molecular formula is C31H39ClN6O4S3. The summed E-state index contributed by atoms with van der Waals surface area (Å²) in [4.78, 5) is 22.4. The highest BCUT2D eigenvalue weighted by molar-refractivity contribution is 8.23. The molecule has 10 nitrogen and oxygen atoms in total. The fourth-order valence-electron chi connectivity index (χ4n) is 5.02. The summed E-state index contributed by atoms with van der Waals surface area (Å²) in [6, 6.07) is 10.8. The molecule has 0 spiro atoms. The standard InChI is InChI=1S/C31H39ClN6O4S3/c1-18(2)42-26-15-22(21-10-12-38(13-11-21)31(43)44-17-28(33)39)20(5)14-25(26)36-30-34-16-23(32)29(37-30)35-24-8-6-7-9-27(24)45(40,41)19(3)4/h6-9,14-16,18-19,21H,10-13,17H2,1-5H3,(H2,33,39)(H2,34,35,36,37). The summed E-state index contributed by atoms with van der Waals surface area (Å²) < 4.78 is 32.9. The number of hydrogen-bond donors (Lipinski definition) is 3. The third-order valence-electron chi connectivity index (χ3n) is 7.32. The fraction of sp³-hybridized carbons (Fsp3) is 0.419. The zero-order valence-corrected chi connectivity index (χ0v) is 29.2. The number of ether oxygens (including phenoxy) is 1. The predicted molar refractivity (Wildman–Crippen MR) is 187 cm³/mol. The van der Waals surface area contributed by atoms with E-state index in [1.54, 1.807) is 38.1 Å². The molecule has 0 aliphatic carbocycles. The van der Waals surface area contributed by atoms with Crippen molar-refractivity contribution in [2.75, 3.05) is 29.5 Å². The number of likely N-dealkylation sites (tertiary alicyclic amines) is 1. The summed E-state index contributed by atoms with van der Waals surface area (Å²) in [6.07, 6.45) is 3.21. The van der Waals surface area contributed by atoms with Gasteiger partial charge in [0.15, 0.2) is 15.7 Å². The number of nitrogens with zero attached hydrogens (tertiary/aromatic N) is 3. The van der Waals surface area contributed by atoms with Gasteiger partial charge in [0.2, 0.25) is 11.9 Å². The second-order valence-corrected chi connectivity index (χ2v) is 15.9. The van der Waals surface area contributed by atoms with Crippen LogP contribution in [0.3, 0.4) is 0 Å². The van der Waals surface area contributed by atoms with Gasteiger partial charge in [0.25, 0.3) is 0 Å². The summed E-state index contributed by atoms with van der Waals surface area (Å²) in [5.41, 5.74) is 8.65. The number of amides is 1. The maximum Gasteiger partial charge on any atom is 0.229 e. The maximum atomic E-state index is 13.0. The number of piperidine rings is 1. The van der Waals surface area contributed by atoms with E-state index in [4.69, 9.17) is 34.3 Å². The number of carbonyl (C=O) groups is 1. The zero-order chi connectivity index (χ0) is 32.9. The lowest BCUT2D eigenvalue weighted by Crippen LogP contribution is -2.36. The Morgan fingerprint density at radius 1 is 1.16 bits per heavy atom.